The molecule has 8 heteroatoms. The lowest BCUT2D eigenvalue weighted by atomic mass is 10.0. The van der Waals surface area contributed by atoms with Crippen LogP contribution in [0.15, 0.2) is 30.5 Å². The molecule has 0 aliphatic rings. The number of aryl methyl sites for hydroxylation is 1. The van der Waals surface area contributed by atoms with Gasteiger partial charge in [-0.3, -0.25) is 10.1 Å². The number of hydrogen-bond acceptors (Lipinski definition) is 5. The molecule has 0 spiro atoms. The molecule has 1 atom stereocenters. The van der Waals surface area contributed by atoms with Gasteiger partial charge < -0.3 is 10.2 Å². The van der Waals surface area contributed by atoms with Gasteiger partial charge in [0.1, 0.15) is 23.6 Å². The molecule has 1 N–H and O–H groups in total. The molecule has 0 amide bonds. The molecule has 0 saturated carbocycles. The number of likely N-dealkylation sites (N-methyl/N-ethyl adjacent to an activating group) is 1. The van der Waals surface area contributed by atoms with E-state index in [1.54, 1.807) is 25.9 Å². The predicted molar refractivity (Wildman–Crippen MR) is 86.9 cm³/mol. The number of hydrogen-bond donors (Lipinski definition) is 1. The number of anilines is 1. The van der Waals surface area contributed by atoms with Crippen molar-refractivity contribution in [2.45, 2.75) is 13.0 Å². The fourth-order valence-corrected chi connectivity index (χ4v) is 2.41. The first kappa shape index (κ1) is 17.7. The first-order valence-electron chi connectivity index (χ1n) is 7.26. The third-order valence-corrected chi connectivity index (χ3v) is 3.69. The summed E-state index contributed by atoms with van der Waals surface area (Å²) in [5, 5.41) is 13.7. The van der Waals surface area contributed by atoms with Crippen molar-refractivity contribution >= 4 is 11.5 Å². The standard InChI is InChI=1S/C16H18F2N4O2/c1-10-7-11(22(23)24)8-19-16(10)20-9-14(21(2)3)15-12(17)5-4-6-13(15)18/h4-8,14H,9H2,1-3H3,(H,19,20). The molecule has 0 fully saturated rings. The van der Waals surface area contributed by atoms with Crippen molar-refractivity contribution in [1.29, 1.82) is 0 Å². The Morgan fingerprint density at radius 1 is 1.33 bits per heavy atom. The van der Waals surface area contributed by atoms with E-state index in [1.165, 1.54) is 24.3 Å². The number of halogens is 2. The van der Waals surface area contributed by atoms with Crippen molar-refractivity contribution in [3.8, 4) is 0 Å². The van der Waals surface area contributed by atoms with Gasteiger partial charge in [-0.25, -0.2) is 13.8 Å². The van der Waals surface area contributed by atoms with Crippen LogP contribution in [0.2, 0.25) is 0 Å². The summed E-state index contributed by atoms with van der Waals surface area (Å²) in [6.45, 7) is 1.87. The lowest BCUT2D eigenvalue weighted by Crippen LogP contribution is -2.29. The minimum absolute atomic E-state index is 0.0328. The number of benzene rings is 1. The van der Waals surface area contributed by atoms with Crippen LogP contribution >= 0.6 is 0 Å². The SMILES string of the molecule is Cc1cc([N+](=O)[O-])cnc1NCC(c1c(F)cccc1F)N(C)C. The molecule has 128 valence electrons. The van der Waals surface area contributed by atoms with Gasteiger partial charge in [0.2, 0.25) is 0 Å². The molecule has 2 rings (SSSR count). The summed E-state index contributed by atoms with van der Waals surface area (Å²) in [6, 6.07) is 4.57. The molecular weight excluding hydrogens is 318 g/mol. The maximum absolute atomic E-state index is 14.0. The molecule has 0 aliphatic heterocycles. The minimum Gasteiger partial charge on any atom is -0.368 e. The number of nitrogens with one attached hydrogen (secondary N) is 1. The predicted octanol–water partition coefficient (Wildman–Crippen LogP) is 3.29. The van der Waals surface area contributed by atoms with E-state index in [4.69, 9.17) is 0 Å². The monoisotopic (exact) mass is 336 g/mol. The second-order valence-electron chi connectivity index (χ2n) is 5.61. The van der Waals surface area contributed by atoms with Gasteiger partial charge in [0.15, 0.2) is 0 Å². The Labute approximate surface area is 138 Å². The van der Waals surface area contributed by atoms with E-state index in [1.807, 2.05) is 0 Å². The van der Waals surface area contributed by atoms with Gasteiger partial charge >= 0.3 is 0 Å². The molecule has 0 bridgehead atoms. The highest BCUT2D eigenvalue weighted by Crippen LogP contribution is 2.26. The highest BCUT2D eigenvalue weighted by Gasteiger charge is 2.22. The zero-order valence-electron chi connectivity index (χ0n) is 13.6. The van der Waals surface area contributed by atoms with Crippen LogP contribution in [0, 0.1) is 28.7 Å². The highest BCUT2D eigenvalue weighted by molar-refractivity contribution is 5.48. The van der Waals surface area contributed by atoms with Crippen molar-refractivity contribution in [3.05, 3.63) is 63.3 Å². The minimum atomic E-state index is -0.621. The van der Waals surface area contributed by atoms with Crippen LogP contribution in [0.3, 0.4) is 0 Å². The van der Waals surface area contributed by atoms with E-state index in [0.29, 0.717) is 11.4 Å². The first-order valence-corrected chi connectivity index (χ1v) is 7.26. The van der Waals surface area contributed by atoms with E-state index in [2.05, 4.69) is 10.3 Å². The van der Waals surface area contributed by atoms with Gasteiger partial charge in [0.05, 0.1) is 11.0 Å². The number of pyridine rings is 1. The molecule has 2 aromatic rings. The summed E-state index contributed by atoms with van der Waals surface area (Å²) in [7, 11) is 3.43. The number of aromatic nitrogens is 1. The van der Waals surface area contributed by atoms with Crippen LogP contribution in [0.25, 0.3) is 0 Å². The topological polar surface area (TPSA) is 71.3 Å². The van der Waals surface area contributed by atoms with Crippen LogP contribution in [0.4, 0.5) is 20.3 Å². The van der Waals surface area contributed by atoms with Crippen molar-refractivity contribution in [1.82, 2.24) is 9.88 Å². The summed E-state index contributed by atoms with van der Waals surface area (Å²) < 4.78 is 28.0. The van der Waals surface area contributed by atoms with Crippen LogP contribution in [0.5, 0.6) is 0 Å². The Balaban J connectivity index is 2.23. The lowest BCUT2D eigenvalue weighted by Gasteiger charge is -2.26. The van der Waals surface area contributed by atoms with Gasteiger partial charge in [-0.1, -0.05) is 6.07 Å². The third-order valence-electron chi connectivity index (χ3n) is 3.69. The van der Waals surface area contributed by atoms with Gasteiger partial charge in [-0.2, -0.15) is 0 Å². The van der Waals surface area contributed by atoms with Gasteiger partial charge in [0.25, 0.3) is 5.69 Å². The Kier molecular flexibility index (Phi) is 5.40. The first-order chi connectivity index (χ1) is 11.3. The maximum atomic E-state index is 14.0. The Morgan fingerprint density at radius 3 is 2.46 bits per heavy atom. The quantitative estimate of drug-likeness (QED) is 0.647. The van der Waals surface area contributed by atoms with E-state index in [9.17, 15) is 18.9 Å². The summed E-state index contributed by atoms with van der Waals surface area (Å²) in [5.74, 6) is -0.808. The summed E-state index contributed by atoms with van der Waals surface area (Å²) >= 11 is 0. The molecule has 1 aromatic heterocycles. The molecule has 24 heavy (non-hydrogen) atoms. The molecule has 6 nitrogen and oxygen atoms in total. The molecule has 1 unspecified atom stereocenters. The molecule has 1 heterocycles. The van der Waals surface area contributed by atoms with E-state index in [-0.39, 0.29) is 17.8 Å². The van der Waals surface area contributed by atoms with Gasteiger partial charge in [-0.15, -0.1) is 0 Å². The number of nitrogens with zero attached hydrogens (tertiary/aromatic N) is 3. The smallest absolute Gasteiger partial charge is 0.287 e. The zero-order valence-corrected chi connectivity index (χ0v) is 13.6. The zero-order chi connectivity index (χ0) is 17.9. The van der Waals surface area contributed by atoms with Crippen LogP contribution in [-0.2, 0) is 0 Å². The van der Waals surface area contributed by atoms with Crippen molar-refractivity contribution in [2.75, 3.05) is 26.0 Å². The summed E-state index contributed by atoms with van der Waals surface area (Å²) in [5.41, 5.74) is 0.438. The second-order valence-corrected chi connectivity index (χ2v) is 5.61. The van der Waals surface area contributed by atoms with Crippen LogP contribution in [0.1, 0.15) is 17.2 Å². The second kappa shape index (κ2) is 7.31. The van der Waals surface area contributed by atoms with Gasteiger partial charge in [-0.05, 0) is 38.7 Å². The van der Waals surface area contributed by atoms with Crippen molar-refractivity contribution in [3.63, 3.8) is 0 Å². The molecule has 1 aromatic carbocycles. The maximum Gasteiger partial charge on any atom is 0.287 e. The molecule has 0 aliphatic carbocycles. The fraction of sp³-hybridized carbons (Fsp3) is 0.312. The Hall–Kier alpha value is -2.61. The van der Waals surface area contributed by atoms with Crippen LogP contribution < -0.4 is 5.32 Å². The summed E-state index contributed by atoms with van der Waals surface area (Å²) in [6.07, 6.45) is 1.14. The molecular formula is C16H18F2N4O2. The van der Waals surface area contributed by atoms with Crippen LogP contribution in [-0.4, -0.2) is 35.4 Å². The average molecular weight is 336 g/mol. The van der Waals surface area contributed by atoms with E-state index in [0.717, 1.165) is 6.20 Å². The number of nitro groups is 1. The highest BCUT2D eigenvalue weighted by atomic mass is 19.1. The van der Waals surface area contributed by atoms with Crippen molar-refractivity contribution in [2.24, 2.45) is 0 Å². The Bertz CT molecular complexity index is 733. The lowest BCUT2D eigenvalue weighted by molar-refractivity contribution is -0.385. The summed E-state index contributed by atoms with van der Waals surface area (Å²) in [4.78, 5) is 15.9. The molecule has 0 radical (unpaired) electrons. The van der Waals surface area contributed by atoms with E-state index < -0.39 is 22.6 Å². The fourth-order valence-electron chi connectivity index (χ4n) is 2.41. The normalized spacial score (nSPS) is 12.2. The number of rotatable bonds is 6. The third kappa shape index (κ3) is 3.83. The van der Waals surface area contributed by atoms with E-state index >= 15 is 0 Å². The molecule has 0 saturated heterocycles. The Morgan fingerprint density at radius 2 is 1.96 bits per heavy atom. The van der Waals surface area contributed by atoms with Crippen molar-refractivity contribution < 1.29 is 13.7 Å². The largest absolute Gasteiger partial charge is 0.368 e. The average Bonchev–Trinajstić information content (AvgIpc) is 2.50. The van der Waals surface area contributed by atoms with Gasteiger partial charge in [0, 0.05) is 18.2 Å².